The summed E-state index contributed by atoms with van der Waals surface area (Å²) < 4.78 is 37.6. The molecule has 0 fully saturated rings. The number of amides is 1. The van der Waals surface area contributed by atoms with E-state index in [1.807, 2.05) is 27.7 Å². The first-order valence-electron chi connectivity index (χ1n) is 11.0. The van der Waals surface area contributed by atoms with Gasteiger partial charge in [-0.3, -0.25) is 0 Å². The monoisotopic (exact) mass is 453 g/mol. The third kappa shape index (κ3) is 22.0. The number of ether oxygens (including phenoxy) is 7. The summed E-state index contributed by atoms with van der Waals surface area (Å²) in [6, 6.07) is 0. The molecule has 0 aromatic heterocycles. The molecule has 1 N–H and O–H groups in total. The van der Waals surface area contributed by atoms with Crippen LogP contribution in [-0.4, -0.2) is 121 Å². The van der Waals surface area contributed by atoms with E-state index in [0.717, 1.165) is 0 Å². The van der Waals surface area contributed by atoms with Gasteiger partial charge >= 0.3 is 6.09 Å². The Morgan fingerprint density at radius 1 is 0.677 bits per heavy atom. The highest BCUT2D eigenvalue weighted by molar-refractivity contribution is 5.68. The Kier molecular flexibility index (Phi) is 20.2. The lowest BCUT2D eigenvalue weighted by molar-refractivity contribution is -0.00954. The summed E-state index contributed by atoms with van der Waals surface area (Å²) in [6.45, 7) is 13.7. The molecule has 0 aromatic carbocycles. The predicted molar refractivity (Wildman–Crippen MR) is 115 cm³/mol. The molecule has 0 saturated heterocycles. The van der Waals surface area contributed by atoms with Crippen LogP contribution in [0.15, 0.2) is 0 Å². The van der Waals surface area contributed by atoms with Gasteiger partial charge < -0.3 is 43.2 Å². The Hall–Kier alpha value is -1.01. The number of rotatable bonds is 21. The van der Waals surface area contributed by atoms with Crippen LogP contribution in [0.4, 0.5) is 4.79 Å². The molecule has 0 atom stereocenters. The molecule has 0 rings (SSSR count). The van der Waals surface area contributed by atoms with Gasteiger partial charge in [0.15, 0.2) is 0 Å². The Morgan fingerprint density at radius 3 is 1.45 bits per heavy atom. The Labute approximate surface area is 187 Å². The fourth-order valence-electron chi connectivity index (χ4n) is 2.16. The number of carbonyl (C=O) groups excluding carboxylic acids is 1. The van der Waals surface area contributed by atoms with Crippen LogP contribution in [0.1, 0.15) is 27.7 Å². The van der Waals surface area contributed by atoms with Gasteiger partial charge in [-0.15, -0.1) is 0 Å². The zero-order valence-electron chi connectivity index (χ0n) is 19.8. The molecule has 0 aliphatic carbocycles. The Bertz CT molecular complexity index is 405. The number of nitrogens with zero attached hydrogens (tertiary/aromatic N) is 1. The molecule has 0 saturated carbocycles. The minimum Gasteiger partial charge on any atom is -0.444 e. The van der Waals surface area contributed by atoms with Crippen LogP contribution in [0.25, 0.3) is 0 Å². The molecule has 0 spiro atoms. The molecule has 0 radical (unpaired) electrons. The number of aliphatic hydroxyl groups is 1. The van der Waals surface area contributed by atoms with Gasteiger partial charge in [0.25, 0.3) is 0 Å². The largest absolute Gasteiger partial charge is 0.444 e. The highest BCUT2D eigenvalue weighted by atomic mass is 16.6. The van der Waals surface area contributed by atoms with Crippen molar-refractivity contribution in [2.24, 2.45) is 0 Å². The summed E-state index contributed by atoms with van der Waals surface area (Å²) in [5.74, 6) is 0. The van der Waals surface area contributed by atoms with Gasteiger partial charge in [-0.25, -0.2) is 4.79 Å². The zero-order chi connectivity index (χ0) is 23.2. The van der Waals surface area contributed by atoms with Crippen molar-refractivity contribution >= 4 is 6.09 Å². The molecule has 0 aliphatic heterocycles. The number of hydrogen-bond donors (Lipinski definition) is 1. The second-order valence-electron chi connectivity index (χ2n) is 7.45. The normalized spacial score (nSPS) is 11.6. The minimum absolute atomic E-state index is 0.00452. The topological polar surface area (TPSA) is 105 Å². The highest BCUT2D eigenvalue weighted by Gasteiger charge is 2.21. The first-order chi connectivity index (χ1) is 14.9. The zero-order valence-corrected chi connectivity index (χ0v) is 19.8. The van der Waals surface area contributed by atoms with Gasteiger partial charge in [0, 0.05) is 19.7 Å². The highest BCUT2D eigenvalue weighted by Crippen LogP contribution is 2.09. The number of carbonyl (C=O) groups is 1. The fraction of sp³-hybridized carbons (Fsp3) is 0.952. The molecular formula is C21H43NO9. The van der Waals surface area contributed by atoms with Gasteiger partial charge in [-0.05, 0) is 27.7 Å². The quantitative estimate of drug-likeness (QED) is 0.258. The predicted octanol–water partition coefficient (Wildman–Crippen LogP) is 1.34. The van der Waals surface area contributed by atoms with Crippen molar-refractivity contribution < 1.29 is 43.1 Å². The molecule has 10 nitrogen and oxygen atoms in total. The van der Waals surface area contributed by atoms with E-state index >= 15 is 0 Å². The SMILES string of the molecule is CCOCCOCCOCCN(CCOCCOCCOCCO)C(=O)OC(C)(C)C. The van der Waals surface area contributed by atoms with Gasteiger partial charge in [-0.1, -0.05) is 0 Å². The lowest BCUT2D eigenvalue weighted by Gasteiger charge is -2.27. The van der Waals surface area contributed by atoms with Crippen LogP contribution in [-0.2, 0) is 33.2 Å². The summed E-state index contributed by atoms with van der Waals surface area (Å²) >= 11 is 0. The Morgan fingerprint density at radius 2 is 1.06 bits per heavy atom. The van der Waals surface area contributed by atoms with E-state index in [9.17, 15) is 4.79 Å². The molecule has 10 heteroatoms. The third-order valence-corrected chi connectivity index (χ3v) is 3.59. The smallest absolute Gasteiger partial charge is 0.410 e. The standard InChI is InChI=1S/C21H43NO9/c1-5-25-12-13-29-17-14-26-9-6-22(20(24)31-21(2,3)4)7-10-27-15-18-30-19-16-28-11-8-23/h23H,5-19H2,1-4H3. The summed E-state index contributed by atoms with van der Waals surface area (Å²) in [6.07, 6.45) is -0.398. The van der Waals surface area contributed by atoms with Crippen molar-refractivity contribution in [2.45, 2.75) is 33.3 Å². The van der Waals surface area contributed by atoms with E-state index in [4.69, 9.17) is 38.3 Å². The third-order valence-electron chi connectivity index (χ3n) is 3.59. The van der Waals surface area contributed by atoms with Gasteiger partial charge in [0.1, 0.15) is 5.60 Å². The maximum absolute atomic E-state index is 12.4. The molecule has 31 heavy (non-hydrogen) atoms. The number of aliphatic hydroxyl groups excluding tert-OH is 1. The first kappa shape index (κ1) is 30.0. The van der Waals surface area contributed by atoms with Gasteiger partial charge in [-0.2, -0.15) is 0 Å². The van der Waals surface area contributed by atoms with E-state index < -0.39 is 11.7 Å². The van der Waals surface area contributed by atoms with E-state index in [0.29, 0.717) is 92.4 Å². The summed E-state index contributed by atoms with van der Waals surface area (Å²) in [4.78, 5) is 14.0. The van der Waals surface area contributed by atoms with Crippen molar-refractivity contribution in [3.63, 3.8) is 0 Å². The van der Waals surface area contributed by atoms with Gasteiger partial charge in [0.05, 0.1) is 79.3 Å². The lowest BCUT2D eigenvalue weighted by Crippen LogP contribution is -2.40. The summed E-state index contributed by atoms with van der Waals surface area (Å²) in [5.41, 5.74) is -0.572. The van der Waals surface area contributed by atoms with Crippen LogP contribution < -0.4 is 0 Å². The fourth-order valence-corrected chi connectivity index (χ4v) is 2.16. The minimum atomic E-state index is -0.572. The van der Waals surface area contributed by atoms with Crippen LogP contribution in [0.5, 0.6) is 0 Å². The lowest BCUT2D eigenvalue weighted by atomic mass is 10.2. The maximum Gasteiger partial charge on any atom is 0.410 e. The molecular weight excluding hydrogens is 410 g/mol. The second-order valence-corrected chi connectivity index (χ2v) is 7.45. The molecule has 0 heterocycles. The van der Waals surface area contributed by atoms with E-state index in [-0.39, 0.29) is 6.61 Å². The van der Waals surface area contributed by atoms with Crippen molar-refractivity contribution in [3.8, 4) is 0 Å². The molecule has 1 amide bonds. The van der Waals surface area contributed by atoms with Crippen molar-refractivity contribution in [2.75, 3.05) is 99.0 Å². The molecule has 186 valence electrons. The van der Waals surface area contributed by atoms with E-state index in [1.54, 1.807) is 4.90 Å². The van der Waals surface area contributed by atoms with Crippen LogP contribution >= 0.6 is 0 Å². The maximum atomic E-state index is 12.4. The van der Waals surface area contributed by atoms with Crippen molar-refractivity contribution in [3.05, 3.63) is 0 Å². The molecule has 0 unspecified atom stereocenters. The molecule has 0 bridgehead atoms. The van der Waals surface area contributed by atoms with Crippen molar-refractivity contribution in [1.29, 1.82) is 0 Å². The molecule has 0 aromatic rings. The number of hydrogen-bond acceptors (Lipinski definition) is 9. The van der Waals surface area contributed by atoms with E-state index in [2.05, 4.69) is 0 Å². The average Bonchev–Trinajstić information content (AvgIpc) is 2.71. The summed E-state index contributed by atoms with van der Waals surface area (Å²) in [5, 5.41) is 8.60. The van der Waals surface area contributed by atoms with Crippen LogP contribution in [0.2, 0.25) is 0 Å². The van der Waals surface area contributed by atoms with Crippen molar-refractivity contribution in [1.82, 2.24) is 4.90 Å². The summed E-state index contributed by atoms with van der Waals surface area (Å²) in [7, 11) is 0. The van der Waals surface area contributed by atoms with E-state index in [1.165, 1.54) is 0 Å². The Balaban J connectivity index is 3.97. The molecule has 0 aliphatic rings. The average molecular weight is 454 g/mol. The van der Waals surface area contributed by atoms with Crippen LogP contribution in [0, 0.1) is 0 Å². The van der Waals surface area contributed by atoms with Gasteiger partial charge in [0.2, 0.25) is 0 Å². The second kappa shape index (κ2) is 20.9. The first-order valence-corrected chi connectivity index (χ1v) is 11.0. The van der Waals surface area contributed by atoms with Crippen LogP contribution in [0.3, 0.4) is 0 Å².